The molecule has 168 valence electrons. The van der Waals surface area contributed by atoms with E-state index in [4.69, 9.17) is 14.2 Å². The van der Waals surface area contributed by atoms with Crippen LogP contribution in [0.4, 0.5) is 5.69 Å². The second-order valence-corrected chi connectivity index (χ2v) is 10.2. The fraction of sp³-hybridized carbons (Fsp3) is 0.280. The molecule has 32 heavy (non-hydrogen) atoms. The lowest BCUT2D eigenvalue weighted by Gasteiger charge is -2.25. The summed E-state index contributed by atoms with van der Waals surface area (Å²) < 4.78 is 45.5. The zero-order valence-corrected chi connectivity index (χ0v) is 19.5. The number of fused-ring (bicyclic) bond motifs is 1. The van der Waals surface area contributed by atoms with E-state index in [1.807, 2.05) is 50.2 Å². The maximum absolute atomic E-state index is 13.7. The summed E-state index contributed by atoms with van der Waals surface area (Å²) in [5, 5.41) is 0. The third kappa shape index (κ3) is 4.25. The van der Waals surface area contributed by atoms with Crippen molar-refractivity contribution in [3.63, 3.8) is 0 Å². The first-order valence-corrected chi connectivity index (χ1v) is 11.8. The van der Waals surface area contributed by atoms with Gasteiger partial charge in [-0.3, -0.25) is 4.31 Å². The van der Waals surface area contributed by atoms with Gasteiger partial charge in [0, 0.05) is 12.5 Å². The van der Waals surface area contributed by atoms with Crippen LogP contribution in [-0.2, 0) is 23.0 Å². The lowest BCUT2D eigenvalue weighted by molar-refractivity contribution is 0.138. The lowest BCUT2D eigenvalue weighted by Crippen LogP contribution is -2.30. The summed E-state index contributed by atoms with van der Waals surface area (Å²) in [7, 11) is -0.882. The highest BCUT2D eigenvalue weighted by Gasteiger charge is 2.31. The van der Waals surface area contributed by atoms with Crippen LogP contribution >= 0.6 is 0 Å². The molecule has 0 radical (unpaired) electrons. The van der Waals surface area contributed by atoms with Gasteiger partial charge in [0.1, 0.15) is 11.4 Å². The molecular weight excluding hydrogens is 426 g/mol. The number of ether oxygens (including phenoxy) is 3. The summed E-state index contributed by atoms with van der Waals surface area (Å²) in [6, 6.07) is 19.6. The van der Waals surface area contributed by atoms with Gasteiger partial charge in [0.15, 0.2) is 11.5 Å². The van der Waals surface area contributed by atoms with Crippen LogP contribution in [0.2, 0.25) is 0 Å². The number of rotatable bonds is 7. The van der Waals surface area contributed by atoms with Crippen molar-refractivity contribution < 1.29 is 22.6 Å². The molecule has 3 aromatic rings. The molecule has 6 nitrogen and oxygen atoms in total. The Morgan fingerprint density at radius 1 is 0.938 bits per heavy atom. The fourth-order valence-corrected chi connectivity index (χ4v) is 5.41. The molecular formula is C25H27NO5S. The van der Waals surface area contributed by atoms with E-state index in [9.17, 15) is 8.42 Å². The number of hydrogen-bond donors (Lipinski definition) is 0. The number of para-hydroxylation sites is 1. The van der Waals surface area contributed by atoms with Crippen LogP contribution in [0.3, 0.4) is 0 Å². The summed E-state index contributed by atoms with van der Waals surface area (Å²) in [5.41, 5.74) is 2.30. The Kier molecular flexibility index (Phi) is 5.77. The number of methoxy groups -OCH3 is 2. The minimum atomic E-state index is -3.88. The second-order valence-electron chi connectivity index (χ2n) is 8.34. The normalized spacial score (nSPS) is 14.4. The summed E-state index contributed by atoms with van der Waals surface area (Å²) in [4.78, 5) is 0.129. The molecule has 0 fully saturated rings. The van der Waals surface area contributed by atoms with Crippen LogP contribution in [-0.4, -0.2) is 28.2 Å². The first kappa shape index (κ1) is 22.0. The fourth-order valence-electron chi connectivity index (χ4n) is 3.94. The molecule has 0 N–H and O–H groups in total. The highest BCUT2D eigenvalue weighted by Crippen LogP contribution is 2.37. The quantitative estimate of drug-likeness (QED) is 0.514. The van der Waals surface area contributed by atoms with Gasteiger partial charge in [-0.15, -0.1) is 0 Å². The van der Waals surface area contributed by atoms with Gasteiger partial charge in [0.25, 0.3) is 10.0 Å². The Hall–Kier alpha value is -3.19. The first-order chi connectivity index (χ1) is 15.2. The van der Waals surface area contributed by atoms with Crippen LogP contribution in [0.25, 0.3) is 0 Å². The Morgan fingerprint density at radius 2 is 1.66 bits per heavy atom. The third-order valence-corrected chi connectivity index (χ3v) is 7.21. The maximum Gasteiger partial charge on any atom is 0.264 e. The molecule has 0 saturated carbocycles. The molecule has 0 atom stereocenters. The van der Waals surface area contributed by atoms with Crippen LogP contribution in [0, 0.1) is 0 Å². The van der Waals surface area contributed by atoms with Crippen molar-refractivity contribution in [2.24, 2.45) is 0 Å². The third-order valence-electron chi connectivity index (χ3n) is 5.44. The molecule has 1 aliphatic rings. The van der Waals surface area contributed by atoms with Gasteiger partial charge in [-0.05, 0) is 55.3 Å². The van der Waals surface area contributed by atoms with Gasteiger partial charge in [-0.2, -0.15) is 0 Å². The zero-order chi connectivity index (χ0) is 22.9. The minimum absolute atomic E-state index is 0.129. The number of hydrogen-bond acceptors (Lipinski definition) is 5. The Labute approximate surface area is 189 Å². The van der Waals surface area contributed by atoms with E-state index in [2.05, 4.69) is 0 Å². The lowest BCUT2D eigenvalue weighted by atomic mass is 10.0. The molecule has 0 spiro atoms. The van der Waals surface area contributed by atoms with Gasteiger partial charge in [0.05, 0.1) is 31.3 Å². The van der Waals surface area contributed by atoms with Crippen molar-refractivity contribution in [1.82, 2.24) is 0 Å². The highest BCUT2D eigenvalue weighted by molar-refractivity contribution is 7.92. The standard InChI is InChI=1S/C25H27NO5S/c1-25(2)16-19-14-18(10-12-22(19)31-25)17-26(20-8-6-5-7-9-20)32(27,28)21-11-13-23(29-3)24(15-21)30-4/h5-15H,16-17H2,1-4H3. The molecule has 0 unspecified atom stereocenters. The molecule has 4 rings (SSSR count). The van der Waals surface area contributed by atoms with Gasteiger partial charge >= 0.3 is 0 Å². The molecule has 0 saturated heterocycles. The van der Waals surface area contributed by atoms with Crippen molar-refractivity contribution in [1.29, 1.82) is 0 Å². The smallest absolute Gasteiger partial charge is 0.264 e. The minimum Gasteiger partial charge on any atom is -0.493 e. The largest absolute Gasteiger partial charge is 0.493 e. The Balaban J connectivity index is 1.74. The highest BCUT2D eigenvalue weighted by atomic mass is 32.2. The van der Waals surface area contributed by atoms with E-state index < -0.39 is 10.0 Å². The molecule has 1 heterocycles. The number of sulfonamides is 1. The Morgan fingerprint density at radius 3 is 2.34 bits per heavy atom. The summed E-state index contributed by atoms with van der Waals surface area (Å²) >= 11 is 0. The summed E-state index contributed by atoms with van der Waals surface area (Å²) in [6.45, 7) is 4.28. The zero-order valence-electron chi connectivity index (χ0n) is 18.7. The molecule has 0 aromatic heterocycles. The van der Waals surface area contributed by atoms with E-state index >= 15 is 0 Å². The molecule has 0 bridgehead atoms. The molecule has 3 aromatic carbocycles. The van der Waals surface area contributed by atoms with Crippen LogP contribution in [0.1, 0.15) is 25.0 Å². The van der Waals surface area contributed by atoms with Crippen molar-refractivity contribution in [3.8, 4) is 17.2 Å². The van der Waals surface area contributed by atoms with Crippen molar-refractivity contribution in [2.45, 2.75) is 37.3 Å². The van der Waals surface area contributed by atoms with Gasteiger partial charge in [-0.1, -0.05) is 30.3 Å². The van der Waals surface area contributed by atoms with Gasteiger partial charge < -0.3 is 14.2 Å². The number of benzene rings is 3. The SMILES string of the molecule is COc1ccc(S(=O)(=O)N(Cc2ccc3c(c2)CC(C)(C)O3)c2ccccc2)cc1OC. The van der Waals surface area contributed by atoms with Crippen LogP contribution < -0.4 is 18.5 Å². The van der Waals surface area contributed by atoms with Gasteiger partial charge in [-0.25, -0.2) is 8.42 Å². The first-order valence-electron chi connectivity index (χ1n) is 10.3. The van der Waals surface area contributed by atoms with Crippen molar-refractivity contribution >= 4 is 15.7 Å². The van der Waals surface area contributed by atoms with Crippen LogP contribution in [0.15, 0.2) is 71.6 Å². The molecule has 7 heteroatoms. The second kappa shape index (κ2) is 8.39. The molecule has 0 aliphatic carbocycles. The van der Waals surface area contributed by atoms with Crippen molar-refractivity contribution in [3.05, 3.63) is 77.9 Å². The topological polar surface area (TPSA) is 65.1 Å². The number of nitrogens with zero attached hydrogens (tertiary/aromatic N) is 1. The number of anilines is 1. The maximum atomic E-state index is 13.7. The van der Waals surface area contributed by atoms with E-state index in [1.165, 1.54) is 30.7 Å². The summed E-state index contributed by atoms with van der Waals surface area (Å²) in [5.74, 6) is 1.69. The van der Waals surface area contributed by atoms with E-state index in [-0.39, 0.29) is 17.0 Å². The van der Waals surface area contributed by atoms with E-state index in [0.29, 0.717) is 17.2 Å². The predicted molar refractivity (Wildman–Crippen MR) is 124 cm³/mol. The van der Waals surface area contributed by atoms with Crippen molar-refractivity contribution in [2.75, 3.05) is 18.5 Å². The average molecular weight is 454 g/mol. The molecule has 0 amide bonds. The Bertz CT molecular complexity index is 1220. The predicted octanol–water partition coefficient (Wildman–Crippen LogP) is 4.81. The average Bonchev–Trinajstić information content (AvgIpc) is 3.10. The monoisotopic (exact) mass is 453 g/mol. The van der Waals surface area contributed by atoms with Gasteiger partial charge in [0.2, 0.25) is 0 Å². The van der Waals surface area contributed by atoms with E-state index in [1.54, 1.807) is 18.2 Å². The van der Waals surface area contributed by atoms with Crippen LogP contribution in [0.5, 0.6) is 17.2 Å². The van der Waals surface area contributed by atoms with E-state index in [0.717, 1.165) is 23.3 Å². The summed E-state index contributed by atoms with van der Waals surface area (Å²) in [6.07, 6.45) is 0.782. The molecule has 1 aliphatic heterocycles.